The Kier molecular flexibility index (Phi) is 57.4. The van der Waals surface area contributed by atoms with Crippen molar-refractivity contribution in [1.29, 1.82) is 0 Å². The van der Waals surface area contributed by atoms with E-state index in [1.54, 1.807) is 0 Å². The average molecular weight is 1010 g/mol. The molecule has 0 aliphatic carbocycles. The summed E-state index contributed by atoms with van der Waals surface area (Å²) in [5.74, 6) is -1.02. The van der Waals surface area contributed by atoms with Crippen molar-refractivity contribution in [1.82, 2.24) is 0 Å². The molecule has 0 aromatic rings. The monoisotopic (exact) mass is 1010 g/mol. The van der Waals surface area contributed by atoms with Crippen LogP contribution in [0.1, 0.15) is 278 Å². The third-order valence-corrected chi connectivity index (χ3v) is 12.7. The van der Waals surface area contributed by atoms with E-state index in [9.17, 15) is 14.4 Å². The molecule has 6 nitrogen and oxygen atoms in total. The second kappa shape index (κ2) is 60.6. The quantitative estimate of drug-likeness (QED) is 0.0261. The summed E-state index contributed by atoms with van der Waals surface area (Å²) in [7, 11) is 0. The zero-order chi connectivity index (χ0) is 52.9. The molecule has 0 spiro atoms. The molecule has 0 aliphatic heterocycles. The second-order valence-electron chi connectivity index (χ2n) is 19.9. The molecule has 0 saturated carbocycles. The highest BCUT2D eigenvalue weighted by Gasteiger charge is 2.19. The van der Waals surface area contributed by atoms with Crippen LogP contribution in [0.2, 0.25) is 0 Å². The minimum absolute atomic E-state index is 0.114. The Bertz CT molecular complexity index is 1490. The third kappa shape index (κ3) is 58.8. The summed E-state index contributed by atoms with van der Waals surface area (Å²) >= 11 is 0. The predicted octanol–water partition coefficient (Wildman–Crippen LogP) is 20.7. The van der Waals surface area contributed by atoms with Gasteiger partial charge in [-0.3, -0.25) is 14.4 Å². The minimum atomic E-state index is -0.821. The maximum absolute atomic E-state index is 12.9. The van der Waals surface area contributed by atoms with Gasteiger partial charge in [0.2, 0.25) is 0 Å². The highest BCUT2D eigenvalue weighted by Crippen LogP contribution is 2.14. The van der Waals surface area contributed by atoms with Crippen molar-refractivity contribution in [3.63, 3.8) is 0 Å². The molecule has 416 valence electrons. The summed E-state index contributed by atoms with van der Waals surface area (Å²) in [6.45, 7) is 6.51. The number of rotatable bonds is 54. The summed E-state index contributed by atoms with van der Waals surface area (Å²) in [5, 5.41) is 0. The summed E-state index contributed by atoms with van der Waals surface area (Å²) in [4.78, 5) is 38.2. The Morgan fingerprint density at radius 3 is 0.890 bits per heavy atom. The van der Waals surface area contributed by atoms with Gasteiger partial charge in [-0.05, 0) is 122 Å². The molecule has 73 heavy (non-hydrogen) atoms. The molecule has 0 saturated heterocycles. The van der Waals surface area contributed by atoms with Gasteiger partial charge in [0, 0.05) is 19.3 Å². The zero-order valence-corrected chi connectivity index (χ0v) is 47.6. The first-order chi connectivity index (χ1) is 36.0. The normalized spacial score (nSPS) is 12.9. The molecule has 0 amide bonds. The summed E-state index contributed by atoms with van der Waals surface area (Å²) < 4.78 is 16.8. The SMILES string of the molecule is CCCCC/C=C\C/C=C\C/C=C\C/C=C\C/C=C\CCC(=O)OC[C@H](COC(=O)CCCCCC/C=C\C/C=C\C/C=C\CCCCC)OC(=O)CCCCCCCCCCC/C=C\CCCCCCCC. The number of esters is 3. The van der Waals surface area contributed by atoms with E-state index in [0.29, 0.717) is 19.3 Å². The van der Waals surface area contributed by atoms with Gasteiger partial charge in [-0.1, -0.05) is 246 Å². The van der Waals surface area contributed by atoms with E-state index in [-0.39, 0.29) is 37.5 Å². The highest BCUT2D eigenvalue weighted by atomic mass is 16.6. The Morgan fingerprint density at radius 2 is 0.521 bits per heavy atom. The second-order valence-corrected chi connectivity index (χ2v) is 19.9. The fourth-order valence-electron chi connectivity index (χ4n) is 8.13. The molecule has 0 unspecified atom stereocenters. The zero-order valence-electron chi connectivity index (χ0n) is 47.6. The topological polar surface area (TPSA) is 78.9 Å². The van der Waals surface area contributed by atoms with Gasteiger partial charge >= 0.3 is 17.9 Å². The van der Waals surface area contributed by atoms with Gasteiger partial charge in [0.25, 0.3) is 0 Å². The lowest BCUT2D eigenvalue weighted by Crippen LogP contribution is -2.30. The molecule has 0 rings (SSSR count). The Balaban J connectivity index is 4.54. The van der Waals surface area contributed by atoms with Crippen LogP contribution in [0, 0.1) is 0 Å². The van der Waals surface area contributed by atoms with Gasteiger partial charge in [0.05, 0.1) is 0 Å². The van der Waals surface area contributed by atoms with E-state index in [1.165, 1.54) is 141 Å². The van der Waals surface area contributed by atoms with Gasteiger partial charge in [0.1, 0.15) is 13.2 Å². The van der Waals surface area contributed by atoms with E-state index in [1.807, 2.05) is 6.08 Å². The van der Waals surface area contributed by atoms with Gasteiger partial charge in [-0.2, -0.15) is 0 Å². The number of unbranched alkanes of at least 4 members (excludes halogenated alkanes) is 25. The highest BCUT2D eigenvalue weighted by molar-refractivity contribution is 5.71. The van der Waals surface area contributed by atoms with Crippen LogP contribution in [0.25, 0.3) is 0 Å². The first kappa shape index (κ1) is 69.1. The average Bonchev–Trinajstić information content (AvgIpc) is 3.39. The molecular weight excluding hydrogens is 901 g/mol. The van der Waals surface area contributed by atoms with Gasteiger partial charge in [-0.15, -0.1) is 0 Å². The van der Waals surface area contributed by atoms with Crippen LogP contribution in [-0.4, -0.2) is 37.2 Å². The molecule has 0 bridgehead atoms. The summed E-state index contributed by atoms with van der Waals surface area (Å²) in [5.41, 5.74) is 0. The van der Waals surface area contributed by atoms with Crippen LogP contribution in [0.5, 0.6) is 0 Å². The van der Waals surface area contributed by atoms with E-state index < -0.39 is 6.10 Å². The number of ether oxygens (including phenoxy) is 3. The van der Waals surface area contributed by atoms with Crippen LogP contribution in [0.3, 0.4) is 0 Å². The van der Waals surface area contributed by atoms with Crippen LogP contribution in [0.4, 0.5) is 0 Å². The van der Waals surface area contributed by atoms with Crippen molar-refractivity contribution in [3.8, 4) is 0 Å². The standard InChI is InChI=1S/C67H112O6/c1-4-7-10-13-16-19-22-25-28-31-33-36-39-42-45-48-51-54-57-60-66(69)72-63-64(62-71-65(68)59-56-53-50-47-44-41-38-35-30-27-24-21-18-15-12-9-6-3)73-67(70)61-58-55-52-49-46-43-40-37-34-32-29-26-23-20-17-14-11-8-5-2/h16,18-19,21,25-30,33,36,38,41-42,45,51,54,64H,4-15,17,20,22-24,31-32,34-35,37,39-40,43-44,46-50,52-53,55-63H2,1-3H3/b19-16-,21-18-,28-25-,29-26-,30-27-,36-33-,41-38-,45-42-,54-51-/t64-/m0/s1. The summed E-state index contributed by atoms with van der Waals surface area (Å²) in [6.07, 6.45) is 82.3. The molecule has 0 aromatic carbocycles. The first-order valence-corrected chi connectivity index (χ1v) is 30.4. The Morgan fingerprint density at radius 1 is 0.274 bits per heavy atom. The number of allylic oxidation sites excluding steroid dienone is 18. The summed E-state index contributed by atoms with van der Waals surface area (Å²) in [6, 6.07) is 0. The van der Waals surface area contributed by atoms with E-state index >= 15 is 0 Å². The molecule has 0 aromatic heterocycles. The van der Waals surface area contributed by atoms with Gasteiger partial charge < -0.3 is 14.2 Å². The number of hydrogen-bond acceptors (Lipinski definition) is 6. The lowest BCUT2D eigenvalue weighted by atomic mass is 10.1. The molecule has 1 atom stereocenters. The maximum Gasteiger partial charge on any atom is 0.306 e. The number of carbonyl (C=O) groups is 3. The van der Waals surface area contributed by atoms with E-state index in [2.05, 4.69) is 124 Å². The molecule has 0 N–H and O–H groups in total. The van der Waals surface area contributed by atoms with Crippen molar-refractivity contribution in [2.45, 2.75) is 284 Å². The van der Waals surface area contributed by atoms with Crippen molar-refractivity contribution in [3.05, 3.63) is 109 Å². The lowest BCUT2D eigenvalue weighted by molar-refractivity contribution is -0.166. The van der Waals surface area contributed by atoms with Crippen LogP contribution in [0.15, 0.2) is 109 Å². The predicted molar refractivity (Wildman–Crippen MR) is 316 cm³/mol. The fourth-order valence-corrected chi connectivity index (χ4v) is 8.13. The van der Waals surface area contributed by atoms with Crippen molar-refractivity contribution in [2.24, 2.45) is 0 Å². The maximum atomic E-state index is 12.9. The number of carbonyl (C=O) groups excluding carboxylic acids is 3. The van der Waals surface area contributed by atoms with Crippen molar-refractivity contribution >= 4 is 17.9 Å². The van der Waals surface area contributed by atoms with Gasteiger partial charge in [-0.25, -0.2) is 0 Å². The third-order valence-electron chi connectivity index (χ3n) is 12.7. The van der Waals surface area contributed by atoms with E-state index in [0.717, 1.165) is 89.9 Å². The Hall–Kier alpha value is -3.93. The minimum Gasteiger partial charge on any atom is -0.462 e. The van der Waals surface area contributed by atoms with Crippen LogP contribution < -0.4 is 0 Å². The molecule has 0 fully saturated rings. The molecule has 0 radical (unpaired) electrons. The van der Waals surface area contributed by atoms with E-state index in [4.69, 9.17) is 14.2 Å². The molecule has 0 heterocycles. The van der Waals surface area contributed by atoms with Crippen LogP contribution >= 0.6 is 0 Å². The smallest absolute Gasteiger partial charge is 0.306 e. The van der Waals surface area contributed by atoms with Crippen molar-refractivity contribution < 1.29 is 28.6 Å². The largest absolute Gasteiger partial charge is 0.462 e. The van der Waals surface area contributed by atoms with Crippen LogP contribution in [-0.2, 0) is 28.6 Å². The molecular formula is C67H112O6. The molecule has 0 aliphatic rings. The lowest BCUT2D eigenvalue weighted by Gasteiger charge is -2.18. The number of hydrogen-bond donors (Lipinski definition) is 0. The van der Waals surface area contributed by atoms with Gasteiger partial charge in [0.15, 0.2) is 6.10 Å². The fraction of sp³-hybridized carbons (Fsp3) is 0.687. The molecule has 6 heteroatoms. The Labute approximate surface area is 450 Å². The van der Waals surface area contributed by atoms with Crippen molar-refractivity contribution in [2.75, 3.05) is 13.2 Å². The first-order valence-electron chi connectivity index (χ1n) is 30.4.